The van der Waals surface area contributed by atoms with Gasteiger partial charge in [0.05, 0.1) is 6.04 Å². The lowest BCUT2D eigenvalue weighted by atomic mass is 10.1. The highest BCUT2D eigenvalue weighted by Crippen LogP contribution is 2.12. The van der Waals surface area contributed by atoms with Crippen LogP contribution in [0.15, 0.2) is 29.3 Å². The number of aliphatic imine (C=N–C) groups is 1. The van der Waals surface area contributed by atoms with Crippen LogP contribution >= 0.6 is 0 Å². The first-order chi connectivity index (χ1) is 13.2. The Morgan fingerprint density at radius 1 is 1.32 bits per heavy atom. The second kappa shape index (κ2) is 9.43. The predicted octanol–water partition coefficient (Wildman–Crippen LogP) is 1.72. The molecule has 1 heterocycles. The molecule has 28 heavy (non-hydrogen) atoms. The SMILES string of the molecule is CN=C(NCc1cccc(C(=O)NC)c1)N1CCC(NC(=O)OC(C)(C)C)C1. The van der Waals surface area contributed by atoms with Crippen LogP contribution in [0.1, 0.15) is 43.1 Å². The van der Waals surface area contributed by atoms with Crippen molar-refractivity contribution < 1.29 is 14.3 Å². The van der Waals surface area contributed by atoms with Gasteiger partial charge in [0.1, 0.15) is 5.60 Å². The number of guanidine groups is 1. The monoisotopic (exact) mass is 389 g/mol. The van der Waals surface area contributed by atoms with Crippen molar-refractivity contribution in [3.63, 3.8) is 0 Å². The first kappa shape index (κ1) is 21.5. The molecule has 1 unspecified atom stereocenters. The number of hydrogen-bond donors (Lipinski definition) is 3. The molecule has 1 aliphatic heterocycles. The molecule has 2 amide bonds. The van der Waals surface area contributed by atoms with Crippen LogP contribution in [0.4, 0.5) is 4.79 Å². The Bertz CT molecular complexity index is 727. The van der Waals surface area contributed by atoms with Crippen LogP contribution in [-0.4, -0.2) is 61.7 Å². The minimum absolute atomic E-state index is 0.0185. The summed E-state index contributed by atoms with van der Waals surface area (Å²) in [5.74, 6) is 0.653. The standard InChI is InChI=1S/C20H31N5O3/c1-20(2,3)28-19(27)24-16-9-10-25(13-16)18(22-5)23-12-14-7-6-8-15(11-14)17(26)21-4/h6-8,11,16H,9-10,12-13H2,1-5H3,(H,21,26)(H,22,23)(H,24,27). The van der Waals surface area contributed by atoms with E-state index < -0.39 is 11.7 Å². The molecule has 0 aromatic heterocycles. The van der Waals surface area contributed by atoms with Crippen molar-refractivity contribution in [1.82, 2.24) is 20.9 Å². The Labute approximate surface area is 166 Å². The van der Waals surface area contributed by atoms with E-state index in [1.165, 1.54) is 0 Å². The molecule has 8 heteroatoms. The molecule has 0 saturated carbocycles. The number of nitrogens with one attached hydrogen (secondary N) is 3. The van der Waals surface area contributed by atoms with Gasteiger partial charge < -0.3 is 25.6 Å². The normalized spacial score (nSPS) is 17.2. The van der Waals surface area contributed by atoms with E-state index in [9.17, 15) is 9.59 Å². The van der Waals surface area contributed by atoms with Crippen molar-refractivity contribution in [2.45, 2.75) is 45.4 Å². The molecule has 1 atom stereocenters. The topological polar surface area (TPSA) is 95.1 Å². The van der Waals surface area contributed by atoms with E-state index in [0.717, 1.165) is 24.5 Å². The van der Waals surface area contributed by atoms with Gasteiger partial charge in [0, 0.05) is 39.3 Å². The Morgan fingerprint density at radius 3 is 2.71 bits per heavy atom. The van der Waals surface area contributed by atoms with Crippen molar-refractivity contribution >= 4 is 18.0 Å². The molecule has 1 aromatic carbocycles. The maximum atomic E-state index is 12.0. The van der Waals surface area contributed by atoms with Crippen LogP contribution in [-0.2, 0) is 11.3 Å². The zero-order valence-electron chi connectivity index (χ0n) is 17.3. The van der Waals surface area contributed by atoms with Crippen molar-refractivity contribution in [2.75, 3.05) is 27.2 Å². The minimum Gasteiger partial charge on any atom is -0.444 e. The molecule has 3 N–H and O–H groups in total. The molecule has 1 aromatic rings. The summed E-state index contributed by atoms with van der Waals surface area (Å²) in [6.45, 7) is 7.54. The van der Waals surface area contributed by atoms with E-state index in [1.54, 1.807) is 20.2 Å². The second-order valence-corrected chi connectivity index (χ2v) is 7.76. The second-order valence-electron chi connectivity index (χ2n) is 7.76. The quantitative estimate of drug-likeness (QED) is 0.538. The van der Waals surface area contributed by atoms with Crippen molar-refractivity contribution in [3.8, 4) is 0 Å². The van der Waals surface area contributed by atoms with E-state index >= 15 is 0 Å². The highest BCUT2D eigenvalue weighted by atomic mass is 16.6. The van der Waals surface area contributed by atoms with Gasteiger partial charge in [-0.25, -0.2) is 4.79 Å². The summed E-state index contributed by atoms with van der Waals surface area (Å²) in [6.07, 6.45) is 0.430. The molecule has 0 radical (unpaired) electrons. The van der Waals surface area contributed by atoms with Gasteiger partial charge in [-0.3, -0.25) is 9.79 Å². The number of benzene rings is 1. The Kier molecular flexibility index (Phi) is 7.25. The summed E-state index contributed by atoms with van der Waals surface area (Å²) in [7, 11) is 3.35. The molecular weight excluding hydrogens is 358 g/mol. The first-order valence-corrected chi connectivity index (χ1v) is 9.48. The summed E-state index contributed by atoms with van der Waals surface area (Å²) >= 11 is 0. The third kappa shape index (κ3) is 6.44. The summed E-state index contributed by atoms with van der Waals surface area (Å²) in [5.41, 5.74) is 1.10. The number of ether oxygens (including phenoxy) is 1. The van der Waals surface area contributed by atoms with Crippen LogP contribution in [0.5, 0.6) is 0 Å². The lowest BCUT2D eigenvalue weighted by molar-refractivity contribution is 0.0507. The zero-order valence-corrected chi connectivity index (χ0v) is 17.3. The summed E-state index contributed by atoms with van der Waals surface area (Å²) in [5, 5.41) is 8.87. The summed E-state index contributed by atoms with van der Waals surface area (Å²) in [6, 6.07) is 7.48. The Balaban J connectivity index is 1.88. The van der Waals surface area contributed by atoms with E-state index in [-0.39, 0.29) is 11.9 Å². The lowest BCUT2D eigenvalue weighted by Gasteiger charge is -2.23. The van der Waals surface area contributed by atoms with Crippen LogP contribution in [0.2, 0.25) is 0 Å². The van der Waals surface area contributed by atoms with Gasteiger partial charge in [-0.1, -0.05) is 12.1 Å². The lowest BCUT2D eigenvalue weighted by Crippen LogP contribution is -2.44. The Morgan fingerprint density at radius 2 is 2.07 bits per heavy atom. The number of amides is 2. The van der Waals surface area contributed by atoms with Gasteiger partial charge in [0.25, 0.3) is 5.91 Å². The average molecular weight is 390 g/mol. The first-order valence-electron chi connectivity index (χ1n) is 9.48. The van der Waals surface area contributed by atoms with Crippen LogP contribution in [0, 0.1) is 0 Å². The number of nitrogens with zero attached hydrogens (tertiary/aromatic N) is 2. The predicted molar refractivity (Wildman–Crippen MR) is 109 cm³/mol. The molecular formula is C20H31N5O3. The van der Waals surface area contributed by atoms with Crippen molar-refractivity contribution in [1.29, 1.82) is 0 Å². The van der Waals surface area contributed by atoms with E-state index in [1.807, 2.05) is 39.0 Å². The van der Waals surface area contributed by atoms with Gasteiger partial charge in [0.2, 0.25) is 0 Å². The molecule has 1 aliphatic rings. The smallest absolute Gasteiger partial charge is 0.407 e. The highest BCUT2D eigenvalue weighted by molar-refractivity contribution is 5.94. The van der Waals surface area contributed by atoms with Gasteiger partial charge >= 0.3 is 6.09 Å². The fraction of sp³-hybridized carbons (Fsp3) is 0.550. The van der Waals surface area contributed by atoms with Gasteiger partial charge in [0.15, 0.2) is 5.96 Å². The van der Waals surface area contributed by atoms with Crippen LogP contribution < -0.4 is 16.0 Å². The van der Waals surface area contributed by atoms with Crippen LogP contribution in [0.25, 0.3) is 0 Å². The number of likely N-dealkylation sites (tertiary alicyclic amines) is 1. The van der Waals surface area contributed by atoms with E-state index in [4.69, 9.17) is 4.74 Å². The third-order valence-corrected chi connectivity index (χ3v) is 4.29. The zero-order chi connectivity index (χ0) is 20.7. The number of hydrogen-bond acceptors (Lipinski definition) is 4. The summed E-state index contributed by atoms with van der Waals surface area (Å²) in [4.78, 5) is 30.2. The molecule has 0 spiro atoms. The summed E-state index contributed by atoms with van der Waals surface area (Å²) < 4.78 is 5.32. The maximum absolute atomic E-state index is 12.0. The molecule has 8 nitrogen and oxygen atoms in total. The fourth-order valence-electron chi connectivity index (χ4n) is 3.02. The average Bonchev–Trinajstić information content (AvgIpc) is 3.08. The number of rotatable bonds is 4. The fourth-order valence-corrected chi connectivity index (χ4v) is 3.02. The third-order valence-electron chi connectivity index (χ3n) is 4.29. The Hall–Kier alpha value is -2.77. The molecule has 2 rings (SSSR count). The van der Waals surface area contributed by atoms with Gasteiger partial charge in [-0.05, 0) is 44.9 Å². The molecule has 154 valence electrons. The minimum atomic E-state index is -0.511. The van der Waals surface area contributed by atoms with Gasteiger partial charge in [-0.15, -0.1) is 0 Å². The van der Waals surface area contributed by atoms with E-state index in [0.29, 0.717) is 18.7 Å². The van der Waals surface area contributed by atoms with Crippen LogP contribution in [0.3, 0.4) is 0 Å². The number of carbonyl (C=O) groups excluding carboxylic acids is 2. The van der Waals surface area contributed by atoms with Crippen molar-refractivity contribution in [3.05, 3.63) is 35.4 Å². The van der Waals surface area contributed by atoms with Gasteiger partial charge in [-0.2, -0.15) is 0 Å². The molecule has 1 saturated heterocycles. The maximum Gasteiger partial charge on any atom is 0.407 e. The van der Waals surface area contributed by atoms with Crippen molar-refractivity contribution in [2.24, 2.45) is 4.99 Å². The highest BCUT2D eigenvalue weighted by Gasteiger charge is 2.27. The largest absolute Gasteiger partial charge is 0.444 e. The number of carbonyl (C=O) groups is 2. The number of alkyl carbamates (subject to hydrolysis) is 1. The van der Waals surface area contributed by atoms with E-state index in [2.05, 4.69) is 25.8 Å². The molecule has 0 bridgehead atoms. The molecule has 1 fully saturated rings. The molecule has 0 aliphatic carbocycles.